The van der Waals surface area contributed by atoms with Gasteiger partial charge in [0.15, 0.2) is 0 Å². The zero-order valence-electron chi connectivity index (χ0n) is 9.33. The van der Waals surface area contributed by atoms with Gasteiger partial charge in [-0.2, -0.15) is 0 Å². The number of alkyl halides is 1. The van der Waals surface area contributed by atoms with Crippen LogP contribution in [0.15, 0.2) is 16.8 Å². The van der Waals surface area contributed by atoms with Crippen LogP contribution in [0.2, 0.25) is 0 Å². The lowest BCUT2D eigenvalue weighted by Gasteiger charge is -2.47. The van der Waals surface area contributed by atoms with Gasteiger partial charge < -0.3 is 5.21 Å². The Bertz CT molecular complexity index is 324. The molecule has 0 spiro atoms. The van der Waals surface area contributed by atoms with Crippen LogP contribution in [0.4, 0.5) is 0 Å². The smallest absolute Gasteiger partial charge is 0.0795 e. The van der Waals surface area contributed by atoms with Crippen molar-refractivity contribution >= 4 is 28.3 Å². The number of rotatable bonds is 0. The van der Waals surface area contributed by atoms with E-state index >= 15 is 0 Å². The molecule has 0 aromatic rings. The van der Waals surface area contributed by atoms with Crippen LogP contribution < -0.4 is 0 Å². The Hall–Kier alpha value is -0.0600. The van der Waals surface area contributed by atoms with Crippen LogP contribution in [0, 0.1) is 11.3 Å². The zero-order valence-corrected chi connectivity index (χ0v) is 11.5. The molecular weight excluding hydrogens is 301 g/mol. The Morgan fingerprint density at radius 2 is 2.27 bits per heavy atom. The van der Waals surface area contributed by atoms with E-state index in [0.29, 0.717) is 5.41 Å². The van der Waals surface area contributed by atoms with Crippen molar-refractivity contribution in [1.82, 2.24) is 0 Å². The Labute approximate surface area is 105 Å². The van der Waals surface area contributed by atoms with Crippen molar-refractivity contribution < 1.29 is 5.21 Å². The molecule has 0 amide bonds. The average Bonchev–Trinajstić information content (AvgIpc) is 2.25. The highest BCUT2D eigenvalue weighted by atomic mass is 127. The lowest BCUT2D eigenvalue weighted by Crippen LogP contribution is -2.40. The molecule has 2 aliphatic carbocycles. The van der Waals surface area contributed by atoms with Gasteiger partial charge in [0.1, 0.15) is 0 Å². The number of fused-ring (bicyclic) bond motifs is 1. The highest BCUT2D eigenvalue weighted by Crippen LogP contribution is 2.51. The predicted molar refractivity (Wildman–Crippen MR) is 70.9 cm³/mol. The molecule has 2 nitrogen and oxygen atoms in total. The largest absolute Gasteiger partial charge is 0.411 e. The van der Waals surface area contributed by atoms with Gasteiger partial charge >= 0.3 is 0 Å². The summed E-state index contributed by atoms with van der Waals surface area (Å²) >= 11 is 2.59. The second-order valence-electron chi connectivity index (χ2n) is 5.02. The predicted octanol–water partition coefficient (Wildman–Crippen LogP) is 3.78. The summed E-state index contributed by atoms with van der Waals surface area (Å²) in [6.07, 6.45) is 6.63. The van der Waals surface area contributed by atoms with Crippen LogP contribution in [-0.4, -0.2) is 14.8 Å². The fraction of sp³-hybridized carbons (Fsp3) is 0.750. The molecule has 0 saturated heterocycles. The van der Waals surface area contributed by atoms with Gasteiger partial charge in [0.2, 0.25) is 0 Å². The quantitative estimate of drug-likeness (QED) is 0.313. The van der Waals surface area contributed by atoms with E-state index in [1.54, 1.807) is 0 Å². The molecule has 1 N–H and O–H groups in total. The number of hydrogen-bond donors (Lipinski definition) is 1. The summed E-state index contributed by atoms with van der Waals surface area (Å²) in [6, 6.07) is 0. The molecule has 0 aromatic heterocycles. The van der Waals surface area contributed by atoms with Crippen molar-refractivity contribution in [3.63, 3.8) is 0 Å². The summed E-state index contributed by atoms with van der Waals surface area (Å²) in [5.74, 6) is 0.735. The van der Waals surface area contributed by atoms with Crippen molar-refractivity contribution in [3.8, 4) is 0 Å². The molecule has 0 bridgehead atoms. The first-order valence-electron chi connectivity index (χ1n) is 5.64. The van der Waals surface area contributed by atoms with E-state index in [0.717, 1.165) is 28.4 Å². The van der Waals surface area contributed by atoms with Crippen LogP contribution >= 0.6 is 22.6 Å². The number of nitrogens with zero attached hydrogens (tertiary/aromatic N) is 1. The second kappa shape index (κ2) is 4.07. The third kappa shape index (κ3) is 1.83. The number of oxime groups is 1. The zero-order chi connectivity index (χ0) is 11.1. The molecule has 2 aliphatic rings. The van der Waals surface area contributed by atoms with Crippen molar-refractivity contribution in [2.24, 2.45) is 16.5 Å². The van der Waals surface area contributed by atoms with E-state index in [4.69, 9.17) is 5.21 Å². The van der Waals surface area contributed by atoms with Crippen LogP contribution in [0.5, 0.6) is 0 Å². The van der Waals surface area contributed by atoms with E-state index in [9.17, 15) is 0 Å². The van der Waals surface area contributed by atoms with E-state index in [1.165, 1.54) is 18.4 Å². The molecule has 1 fully saturated rings. The maximum absolute atomic E-state index is 8.83. The molecule has 0 aliphatic heterocycles. The van der Waals surface area contributed by atoms with Crippen molar-refractivity contribution in [2.45, 2.75) is 43.5 Å². The van der Waals surface area contributed by atoms with E-state index < -0.39 is 0 Å². The normalized spacial score (nSPS) is 43.7. The molecule has 15 heavy (non-hydrogen) atoms. The molecule has 0 heterocycles. The first kappa shape index (κ1) is 11.4. The number of halogens is 1. The lowest BCUT2D eigenvalue weighted by atomic mass is 9.60. The highest BCUT2D eigenvalue weighted by molar-refractivity contribution is 14.1. The van der Waals surface area contributed by atoms with Gasteiger partial charge in [-0.1, -0.05) is 47.2 Å². The topological polar surface area (TPSA) is 32.6 Å². The molecule has 1 saturated carbocycles. The molecule has 84 valence electrons. The van der Waals surface area contributed by atoms with Crippen molar-refractivity contribution in [2.75, 3.05) is 0 Å². The summed E-state index contributed by atoms with van der Waals surface area (Å²) in [5.41, 5.74) is 2.71. The molecular formula is C12H18INO. The Morgan fingerprint density at radius 3 is 2.93 bits per heavy atom. The van der Waals surface area contributed by atoms with E-state index in [1.807, 2.05) is 0 Å². The first-order valence-corrected chi connectivity index (χ1v) is 6.88. The summed E-state index contributed by atoms with van der Waals surface area (Å²) in [7, 11) is 0. The number of hydrogen-bond acceptors (Lipinski definition) is 2. The summed E-state index contributed by atoms with van der Waals surface area (Å²) < 4.78 is 0.789. The van der Waals surface area contributed by atoms with Gasteiger partial charge in [-0.25, -0.2) is 0 Å². The molecule has 3 heteroatoms. The minimum atomic E-state index is 0.346. The second-order valence-corrected chi connectivity index (χ2v) is 6.62. The van der Waals surface area contributed by atoms with Crippen LogP contribution in [-0.2, 0) is 0 Å². The molecule has 0 aromatic carbocycles. The van der Waals surface area contributed by atoms with Crippen LogP contribution in [0.25, 0.3) is 0 Å². The Kier molecular flexibility index (Phi) is 3.10. The molecule has 0 radical (unpaired) electrons. The molecule has 3 unspecified atom stereocenters. The average molecular weight is 319 g/mol. The number of allylic oxidation sites excluding steroid dienone is 2. The van der Waals surface area contributed by atoms with Crippen molar-refractivity contribution in [1.29, 1.82) is 0 Å². The highest BCUT2D eigenvalue weighted by Gasteiger charge is 2.43. The molecule has 2 rings (SSSR count). The Balaban J connectivity index is 2.34. The van der Waals surface area contributed by atoms with Crippen LogP contribution in [0.3, 0.4) is 0 Å². The summed E-state index contributed by atoms with van der Waals surface area (Å²) in [6.45, 7) is 4.74. The summed E-state index contributed by atoms with van der Waals surface area (Å²) in [4.78, 5) is 0. The van der Waals surface area contributed by atoms with Gasteiger partial charge in [-0.3, -0.25) is 0 Å². The van der Waals surface area contributed by atoms with E-state index in [-0.39, 0.29) is 0 Å². The van der Waals surface area contributed by atoms with Gasteiger partial charge in [0.05, 0.1) is 5.71 Å². The maximum atomic E-state index is 8.83. The minimum absolute atomic E-state index is 0.346. The molecule has 3 atom stereocenters. The standard InChI is InChI=1S/C12H18INO/c1-8-11(13)4-3-9-7-10(14-15)5-6-12(8,9)2/h7-8,11,15H,3-6H2,1-2H3/b14-10+. The van der Waals surface area contributed by atoms with E-state index in [2.05, 4.69) is 47.7 Å². The van der Waals surface area contributed by atoms with Gasteiger partial charge in [0, 0.05) is 3.92 Å². The maximum Gasteiger partial charge on any atom is 0.0795 e. The SMILES string of the molecule is CC1C(I)CCC2=C/C(=N/O)CCC21C. The lowest BCUT2D eigenvalue weighted by molar-refractivity contribution is 0.197. The van der Waals surface area contributed by atoms with Gasteiger partial charge in [-0.05, 0) is 43.1 Å². The Morgan fingerprint density at radius 1 is 1.53 bits per heavy atom. The van der Waals surface area contributed by atoms with Crippen LogP contribution in [0.1, 0.15) is 39.5 Å². The summed E-state index contributed by atoms with van der Waals surface area (Å²) in [5, 5.41) is 12.2. The minimum Gasteiger partial charge on any atom is -0.411 e. The third-order valence-corrected chi connectivity index (χ3v) is 6.04. The third-order valence-electron chi connectivity index (χ3n) is 4.34. The fourth-order valence-electron chi connectivity index (χ4n) is 2.89. The first-order chi connectivity index (χ1) is 7.08. The van der Waals surface area contributed by atoms with Crippen molar-refractivity contribution in [3.05, 3.63) is 11.6 Å². The van der Waals surface area contributed by atoms with Gasteiger partial charge in [-0.15, -0.1) is 0 Å². The van der Waals surface area contributed by atoms with Gasteiger partial charge in [0.25, 0.3) is 0 Å². The fourth-order valence-corrected chi connectivity index (χ4v) is 3.99. The monoisotopic (exact) mass is 319 g/mol.